The molecule has 0 aliphatic heterocycles. The lowest BCUT2D eigenvalue weighted by Gasteiger charge is -2.17. The summed E-state index contributed by atoms with van der Waals surface area (Å²) in [6.45, 7) is 6.95. The van der Waals surface area contributed by atoms with Crippen LogP contribution < -0.4 is 16.4 Å². The molecule has 0 atom stereocenters. The SMILES string of the molecule is CC(C)(C)SCC(=O)Nc1ccccc1C(=O)NCCN.Cl. The summed E-state index contributed by atoms with van der Waals surface area (Å²) < 4.78 is 0.0232. The van der Waals surface area contributed by atoms with Crippen molar-refractivity contribution in [2.45, 2.75) is 25.5 Å². The molecule has 0 heterocycles. The highest BCUT2D eigenvalue weighted by Crippen LogP contribution is 2.23. The Hall–Kier alpha value is -1.24. The van der Waals surface area contributed by atoms with Gasteiger partial charge in [0.15, 0.2) is 0 Å². The van der Waals surface area contributed by atoms with E-state index in [1.807, 2.05) is 0 Å². The van der Waals surface area contributed by atoms with Crippen LogP contribution in [0.2, 0.25) is 0 Å². The second kappa shape index (κ2) is 9.71. The summed E-state index contributed by atoms with van der Waals surface area (Å²) in [6, 6.07) is 6.94. The van der Waals surface area contributed by atoms with Gasteiger partial charge in [0.25, 0.3) is 5.91 Å². The number of carbonyl (C=O) groups is 2. The molecule has 0 radical (unpaired) electrons. The van der Waals surface area contributed by atoms with Crippen LogP contribution in [0.3, 0.4) is 0 Å². The maximum Gasteiger partial charge on any atom is 0.253 e. The van der Waals surface area contributed by atoms with Crippen molar-refractivity contribution in [3.63, 3.8) is 0 Å². The minimum Gasteiger partial charge on any atom is -0.351 e. The van der Waals surface area contributed by atoms with Gasteiger partial charge in [-0.3, -0.25) is 9.59 Å². The molecule has 0 bridgehead atoms. The standard InChI is InChI=1S/C15H23N3O2S.ClH/c1-15(2,3)21-10-13(19)18-12-7-5-4-6-11(12)14(20)17-9-8-16;/h4-7H,8-10,16H2,1-3H3,(H,17,20)(H,18,19);1H. The zero-order valence-electron chi connectivity index (χ0n) is 13.1. The van der Waals surface area contributed by atoms with Gasteiger partial charge in [-0.1, -0.05) is 32.9 Å². The molecule has 0 spiro atoms. The predicted molar refractivity (Wildman–Crippen MR) is 95.9 cm³/mol. The van der Waals surface area contributed by atoms with Gasteiger partial charge in [-0.2, -0.15) is 0 Å². The Bertz CT molecular complexity index is 504. The average Bonchev–Trinajstić information content (AvgIpc) is 2.42. The Morgan fingerprint density at radius 1 is 1.23 bits per heavy atom. The van der Waals surface area contributed by atoms with Crippen LogP contribution in [0.4, 0.5) is 5.69 Å². The molecule has 1 aromatic rings. The lowest BCUT2D eigenvalue weighted by molar-refractivity contribution is -0.113. The largest absolute Gasteiger partial charge is 0.351 e. The van der Waals surface area contributed by atoms with Gasteiger partial charge in [-0.25, -0.2) is 0 Å². The van der Waals surface area contributed by atoms with E-state index in [0.717, 1.165) is 0 Å². The molecule has 7 heteroatoms. The highest BCUT2D eigenvalue weighted by atomic mass is 35.5. The summed E-state index contributed by atoms with van der Waals surface area (Å²) in [7, 11) is 0. The summed E-state index contributed by atoms with van der Waals surface area (Å²) in [5, 5.41) is 5.49. The molecule has 0 aliphatic carbocycles. The Morgan fingerprint density at radius 2 is 1.86 bits per heavy atom. The number of anilines is 1. The fraction of sp³-hybridized carbons (Fsp3) is 0.467. The minimum absolute atomic E-state index is 0. The molecule has 5 nitrogen and oxygen atoms in total. The second-order valence-corrected chi connectivity index (χ2v) is 7.34. The normalized spacial score (nSPS) is 10.5. The number of para-hydroxylation sites is 1. The molecule has 0 fully saturated rings. The number of hydrogen-bond donors (Lipinski definition) is 3. The Kier molecular flexibility index (Phi) is 9.16. The van der Waals surface area contributed by atoms with Crippen LogP contribution >= 0.6 is 24.2 Å². The van der Waals surface area contributed by atoms with Gasteiger partial charge >= 0.3 is 0 Å². The zero-order chi connectivity index (χ0) is 15.9. The number of benzene rings is 1. The number of nitrogens with one attached hydrogen (secondary N) is 2. The van der Waals surface area contributed by atoms with Crippen molar-refractivity contribution in [1.29, 1.82) is 0 Å². The van der Waals surface area contributed by atoms with Crippen molar-refractivity contribution >= 4 is 41.7 Å². The van der Waals surface area contributed by atoms with Crippen LogP contribution in [0.5, 0.6) is 0 Å². The van der Waals surface area contributed by atoms with E-state index in [4.69, 9.17) is 5.73 Å². The molecule has 0 unspecified atom stereocenters. The number of thioether (sulfide) groups is 1. The Morgan fingerprint density at radius 3 is 2.45 bits per heavy atom. The fourth-order valence-electron chi connectivity index (χ4n) is 1.54. The summed E-state index contributed by atoms with van der Waals surface area (Å²) in [5.41, 5.74) is 6.33. The molecular formula is C15H24ClN3O2S. The van der Waals surface area contributed by atoms with Crippen LogP contribution in [-0.2, 0) is 4.79 Å². The van der Waals surface area contributed by atoms with Crippen molar-refractivity contribution in [3.05, 3.63) is 29.8 Å². The first kappa shape index (κ1) is 20.8. The van der Waals surface area contributed by atoms with E-state index in [2.05, 4.69) is 31.4 Å². The monoisotopic (exact) mass is 345 g/mol. The third-order valence-corrected chi connectivity index (χ3v) is 3.78. The molecule has 4 N–H and O–H groups in total. The number of halogens is 1. The smallest absolute Gasteiger partial charge is 0.253 e. The number of amides is 2. The first-order chi connectivity index (χ1) is 9.83. The fourth-order valence-corrected chi connectivity index (χ4v) is 2.18. The maximum atomic E-state index is 12.0. The van der Waals surface area contributed by atoms with Gasteiger partial charge in [0.1, 0.15) is 0 Å². The van der Waals surface area contributed by atoms with E-state index in [-0.39, 0.29) is 29.0 Å². The van der Waals surface area contributed by atoms with Gasteiger partial charge in [0.2, 0.25) is 5.91 Å². The van der Waals surface area contributed by atoms with E-state index in [9.17, 15) is 9.59 Å². The molecule has 0 saturated heterocycles. The van der Waals surface area contributed by atoms with Crippen molar-refractivity contribution in [1.82, 2.24) is 5.32 Å². The van der Waals surface area contributed by atoms with Crippen LogP contribution in [0.1, 0.15) is 31.1 Å². The lowest BCUT2D eigenvalue weighted by atomic mass is 10.1. The Balaban J connectivity index is 0.00000441. The zero-order valence-corrected chi connectivity index (χ0v) is 14.8. The summed E-state index contributed by atoms with van der Waals surface area (Å²) in [4.78, 5) is 24.0. The highest BCUT2D eigenvalue weighted by Gasteiger charge is 2.16. The van der Waals surface area contributed by atoms with E-state index in [1.165, 1.54) is 0 Å². The third kappa shape index (κ3) is 7.68. The number of rotatable bonds is 6. The molecule has 0 saturated carbocycles. The molecule has 1 aromatic carbocycles. The molecule has 0 aliphatic rings. The van der Waals surface area contributed by atoms with Crippen LogP contribution in [-0.4, -0.2) is 35.4 Å². The molecule has 124 valence electrons. The Labute approximate surface area is 142 Å². The lowest BCUT2D eigenvalue weighted by Crippen LogP contribution is -2.30. The van der Waals surface area contributed by atoms with Crippen LogP contribution in [0.15, 0.2) is 24.3 Å². The van der Waals surface area contributed by atoms with Crippen molar-refractivity contribution in [2.75, 3.05) is 24.2 Å². The van der Waals surface area contributed by atoms with Gasteiger partial charge in [-0.15, -0.1) is 24.2 Å². The van der Waals surface area contributed by atoms with E-state index < -0.39 is 0 Å². The minimum atomic E-state index is -0.236. The second-order valence-electron chi connectivity index (χ2n) is 5.54. The summed E-state index contributed by atoms with van der Waals surface area (Å²) in [5.74, 6) is -0.00348. The maximum absolute atomic E-state index is 12.0. The number of hydrogen-bond acceptors (Lipinski definition) is 4. The topological polar surface area (TPSA) is 84.2 Å². The molecule has 22 heavy (non-hydrogen) atoms. The van der Waals surface area contributed by atoms with Gasteiger partial charge < -0.3 is 16.4 Å². The van der Waals surface area contributed by atoms with Crippen molar-refractivity contribution < 1.29 is 9.59 Å². The first-order valence-electron chi connectivity index (χ1n) is 6.84. The predicted octanol–water partition coefficient (Wildman–Crippen LogP) is 2.27. The molecule has 2 amide bonds. The first-order valence-corrected chi connectivity index (χ1v) is 7.83. The van der Waals surface area contributed by atoms with Gasteiger partial charge in [0, 0.05) is 17.8 Å². The number of carbonyl (C=O) groups excluding carboxylic acids is 2. The van der Waals surface area contributed by atoms with Crippen LogP contribution in [0, 0.1) is 0 Å². The molecule has 1 rings (SSSR count). The summed E-state index contributed by atoms with van der Waals surface area (Å²) in [6.07, 6.45) is 0. The van der Waals surface area contributed by atoms with Gasteiger partial charge in [0.05, 0.1) is 17.0 Å². The van der Waals surface area contributed by atoms with Crippen molar-refractivity contribution in [3.8, 4) is 0 Å². The summed E-state index contributed by atoms with van der Waals surface area (Å²) >= 11 is 1.56. The van der Waals surface area contributed by atoms with E-state index in [1.54, 1.807) is 36.0 Å². The van der Waals surface area contributed by atoms with E-state index >= 15 is 0 Å². The quantitative estimate of drug-likeness (QED) is 0.738. The van der Waals surface area contributed by atoms with Crippen LogP contribution in [0.25, 0.3) is 0 Å². The third-order valence-electron chi connectivity index (χ3n) is 2.51. The average molecular weight is 346 g/mol. The van der Waals surface area contributed by atoms with E-state index in [0.29, 0.717) is 30.1 Å². The van der Waals surface area contributed by atoms with Crippen molar-refractivity contribution in [2.24, 2.45) is 5.73 Å². The van der Waals surface area contributed by atoms with Gasteiger partial charge in [-0.05, 0) is 12.1 Å². The molecular weight excluding hydrogens is 322 g/mol. The highest BCUT2D eigenvalue weighted by molar-refractivity contribution is 8.01. The number of nitrogens with two attached hydrogens (primary N) is 1. The molecule has 0 aromatic heterocycles.